The molecular weight excluding hydrogens is 376 g/mol. The van der Waals surface area contributed by atoms with Crippen molar-refractivity contribution in [3.63, 3.8) is 0 Å². The lowest BCUT2D eigenvalue weighted by Crippen LogP contribution is -2.49. The van der Waals surface area contributed by atoms with Gasteiger partial charge in [-0.2, -0.15) is 5.26 Å². The molecule has 4 rings (SSSR count). The van der Waals surface area contributed by atoms with Crippen LogP contribution in [0.4, 0.5) is 5.69 Å². The van der Waals surface area contributed by atoms with Crippen molar-refractivity contribution in [1.29, 1.82) is 5.26 Å². The minimum atomic E-state index is -0.112. The minimum absolute atomic E-state index is 0.112. The Kier molecular flexibility index (Phi) is 5.44. The van der Waals surface area contributed by atoms with Crippen molar-refractivity contribution < 1.29 is 9.53 Å². The standard InChI is InChI=1S/C24H24N4O2/c1-18-7-3-4-8-20(18)28-12-11-19(17-25)23(28)24(29)27-15-13-26(14-16-27)21-9-5-6-10-22(21)30-2/h3-12H,13-16H2,1-2H3. The lowest BCUT2D eigenvalue weighted by molar-refractivity contribution is 0.0738. The first-order valence-corrected chi connectivity index (χ1v) is 9.98. The molecule has 0 aliphatic carbocycles. The van der Waals surface area contributed by atoms with Gasteiger partial charge in [-0.25, -0.2) is 0 Å². The van der Waals surface area contributed by atoms with E-state index >= 15 is 0 Å². The summed E-state index contributed by atoms with van der Waals surface area (Å²) in [5, 5.41) is 9.59. The number of aryl methyl sites for hydroxylation is 1. The van der Waals surface area contributed by atoms with Crippen LogP contribution in [0.25, 0.3) is 5.69 Å². The van der Waals surface area contributed by atoms with Crippen molar-refractivity contribution in [3.8, 4) is 17.5 Å². The Labute approximate surface area is 176 Å². The van der Waals surface area contributed by atoms with Crippen molar-refractivity contribution in [2.45, 2.75) is 6.92 Å². The summed E-state index contributed by atoms with van der Waals surface area (Å²) < 4.78 is 7.31. The van der Waals surface area contributed by atoms with Crippen LogP contribution in [-0.4, -0.2) is 48.7 Å². The fourth-order valence-corrected chi connectivity index (χ4v) is 3.97. The molecule has 0 spiro atoms. The number of hydrogen-bond donors (Lipinski definition) is 0. The molecule has 0 atom stereocenters. The average molecular weight is 400 g/mol. The molecule has 2 heterocycles. The maximum absolute atomic E-state index is 13.4. The van der Waals surface area contributed by atoms with Crippen molar-refractivity contribution in [2.24, 2.45) is 0 Å². The molecule has 2 aromatic carbocycles. The first kappa shape index (κ1) is 19.6. The Balaban J connectivity index is 1.58. The second kappa shape index (κ2) is 8.34. The number of nitrogens with zero attached hydrogens (tertiary/aromatic N) is 4. The van der Waals surface area contributed by atoms with Crippen LogP contribution >= 0.6 is 0 Å². The van der Waals surface area contributed by atoms with Crippen LogP contribution in [0.1, 0.15) is 21.6 Å². The first-order chi connectivity index (χ1) is 14.6. The molecule has 1 amide bonds. The number of hydrogen-bond acceptors (Lipinski definition) is 4. The van der Waals surface area contributed by atoms with Gasteiger partial charge in [0.05, 0.1) is 18.4 Å². The summed E-state index contributed by atoms with van der Waals surface area (Å²) in [6.45, 7) is 4.58. The quantitative estimate of drug-likeness (QED) is 0.671. The molecule has 1 aliphatic heterocycles. The van der Waals surface area contributed by atoms with Crippen molar-refractivity contribution >= 4 is 11.6 Å². The van der Waals surface area contributed by atoms with Gasteiger partial charge in [0.25, 0.3) is 5.91 Å². The van der Waals surface area contributed by atoms with Crippen LogP contribution in [0.2, 0.25) is 0 Å². The number of anilines is 1. The number of nitriles is 1. The topological polar surface area (TPSA) is 61.5 Å². The maximum atomic E-state index is 13.4. The summed E-state index contributed by atoms with van der Waals surface area (Å²) in [6.07, 6.45) is 1.80. The molecule has 1 fully saturated rings. The van der Waals surface area contributed by atoms with Gasteiger partial charge >= 0.3 is 0 Å². The molecule has 152 valence electrons. The first-order valence-electron chi connectivity index (χ1n) is 9.98. The van der Waals surface area contributed by atoms with E-state index in [1.165, 1.54) is 0 Å². The van der Waals surface area contributed by atoms with Crippen LogP contribution in [0, 0.1) is 18.3 Å². The Morgan fingerprint density at radius 3 is 2.30 bits per heavy atom. The number of amides is 1. The summed E-state index contributed by atoms with van der Waals surface area (Å²) in [5.41, 5.74) is 3.82. The van der Waals surface area contributed by atoms with Gasteiger partial charge in [0.15, 0.2) is 0 Å². The smallest absolute Gasteiger partial charge is 0.272 e. The van der Waals surface area contributed by atoms with E-state index < -0.39 is 0 Å². The molecule has 0 radical (unpaired) electrons. The third-order valence-electron chi connectivity index (χ3n) is 5.58. The molecule has 6 heteroatoms. The number of piperazine rings is 1. The molecule has 0 bridgehead atoms. The van der Waals surface area contributed by atoms with E-state index in [1.807, 2.05) is 64.9 Å². The molecule has 1 aliphatic rings. The van der Waals surface area contributed by atoms with Gasteiger partial charge in [-0.05, 0) is 36.8 Å². The Hall–Kier alpha value is -3.72. The van der Waals surface area contributed by atoms with E-state index in [9.17, 15) is 10.1 Å². The summed E-state index contributed by atoms with van der Waals surface area (Å²) in [5.74, 6) is 0.719. The molecule has 6 nitrogen and oxygen atoms in total. The highest BCUT2D eigenvalue weighted by molar-refractivity contribution is 5.96. The predicted molar refractivity (Wildman–Crippen MR) is 116 cm³/mol. The summed E-state index contributed by atoms with van der Waals surface area (Å²) in [4.78, 5) is 17.5. The van der Waals surface area contributed by atoms with Crippen LogP contribution in [0.3, 0.4) is 0 Å². The zero-order valence-electron chi connectivity index (χ0n) is 17.2. The highest BCUT2D eigenvalue weighted by atomic mass is 16.5. The molecule has 0 saturated carbocycles. The zero-order valence-corrected chi connectivity index (χ0v) is 17.2. The van der Waals surface area contributed by atoms with E-state index in [0.29, 0.717) is 37.4 Å². The number of para-hydroxylation sites is 3. The monoisotopic (exact) mass is 400 g/mol. The fourth-order valence-electron chi connectivity index (χ4n) is 3.97. The largest absolute Gasteiger partial charge is 0.495 e. The predicted octanol–water partition coefficient (Wildman–Crippen LogP) is 3.63. The molecule has 3 aromatic rings. The lowest BCUT2D eigenvalue weighted by atomic mass is 10.1. The summed E-state index contributed by atoms with van der Waals surface area (Å²) in [7, 11) is 1.67. The van der Waals surface area contributed by atoms with Gasteiger partial charge in [0, 0.05) is 38.1 Å². The van der Waals surface area contributed by atoms with Crippen LogP contribution in [0.5, 0.6) is 5.75 Å². The highest BCUT2D eigenvalue weighted by Crippen LogP contribution is 2.29. The minimum Gasteiger partial charge on any atom is -0.495 e. The second-order valence-electron chi connectivity index (χ2n) is 7.30. The Morgan fingerprint density at radius 2 is 1.63 bits per heavy atom. The van der Waals surface area contributed by atoms with Crippen molar-refractivity contribution in [3.05, 3.63) is 77.6 Å². The number of rotatable bonds is 4. The maximum Gasteiger partial charge on any atom is 0.272 e. The van der Waals surface area contributed by atoms with E-state index in [2.05, 4.69) is 11.0 Å². The number of methoxy groups -OCH3 is 1. The van der Waals surface area contributed by atoms with Gasteiger partial charge < -0.3 is 19.1 Å². The highest BCUT2D eigenvalue weighted by Gasteiger charge is 2.28. The van der Waals surface area contributed by atoms with E-state index in [1.54, 1.807) is 19.4 Å². The third-order valence-corrected chi connectivity index (χ3v) is 5.58. The fraction of sp³-hybridized carbons (Fsp3) is 0.250. The molecule has 0 unspecified atom stereocenters. The number of carbonyl (C=O) groups excluding carboxylic acids is 1. The van der Waals surface area contributed by atoms with Gasteiger partial charge in [0.1, 0.15) is 17.5 Å². The summed E-state index contributed by atoms with van der Waals surface area (Å²) >= 11 is 0. The molecule has 1 saturated heterocycles. The van der Waals surface area contributed by atoms with E-state index in [0.717, 1.165) is 22.7 Å². The zero-order chi connectivity index (χ0) is 21.1. The second-order valence-corrected chi connectivity index (χ2v) is 7.30. The Bertz CT molecular complexity index is 1100. The summed E-state index contributed by atoms with van der Waals surface area (Å²) in [6, 6.07) is 19.7. The number of ether oxygens (including phenoxy) is 1. The number of carbonyl (C=O) groups is 1. The lowest BCUT2D eigenvalue weighted by Gasteiger charge is -2.36. The van der Waals surface area contributed by atoms with Crippen molar-refractivity contribution in [2.75, 3.05) is 38.2 Å². The SMILES string of the molecule is COc1ccccc1N1CCN(C(=O)c2c(C#N)ccn2-c2ccccc2C)CC1. The van der Waals surface area contributed by atoms with Gasteiger partial charge in [-0.3, -0.25) is 4.79 Å². The van der Waals surface area contributed by atoms with E-state index in [4.69, 9.17) is 4.74 Å². The van der Waals surface area contributed by atoms with Gasteiger partial charge in [0.2, 0.25) is 0 Å². The van der Waals surface area contributed by atoms with Crippen LogP contribution in [0.15, 0.2) is 60.8 Å². The van der Waals surface area contributed by atoms with Gasteiger partial charge in [-0.15, -0.1) is 0 Å². The van der Waals surface area contributed by atoms with Crippen molar-refractivity contribution in [1.82, 2.24) is 9.47 Å². The van der Waals surface area contributed by atoms with Gasteiger partial charge in [-0.1, -0.05) is 30.3 Å². The molecule has 30 heavy (non-hydrogen) atoms. The normalized spacial score (nSPS) is 13.8. The third kappa shape index (κ3) is 3.50. The van der Waals surface area contributed by atoms with E-state index in [-0.39, 0.29) is 5.91 Å². The number of aromatic nitrogens is 1. The van der Waals surface area contributed by atoms with Crippen LogP contribution in [-0.2, 0) is 0 Å². The van der Waals surface area contributed by atoms with Crippen LogP contribution < -0.4 is 9.64 Å². The molecule has 1 aromatic heterocycles. The molecular formula is C24H24N4O2. The molecule has 0 N–H and O–H groups in total. The average Bonchev–Trinajstić information content (AvgIpc) is 3.23. The number of benzene rings is 2. The Morgan fingerprint density at radius 1 is 0.967 bits per heavy atom.